The first-order valence-electron chi connectivity index (χ1n) is 7.64. The Morgan fingerprint density at radius 2 is 1.96 bits per heavy atom. The number of alkyl halides is 3. The fourth-order valence-corrected chi connectivity index (χ4v) is 2.82. The van der Waals surface area contributed by atoms with Gasteiger partial charge in [0.2, 0.25) is 0 Å². The fourth-order valence-electron chi connectivity index (χ4n) is 2.82. The Balaban J connectivity index is 2.00. The molecule has 1 fully saturated rings. The van der Waals surface area contributed by atoms with E-state index in [-0.39, 0.29) is 17.9 Å². The Hall–Kier alpha value is -1.87. The number of nitrogens with zero attached hydrogens (tertiary/aromatic N) is 2. The maximum absolute atomic E-state index is 12.7. The average molecular weight is 347 g/mol. The molecule has 6 nitrogen and oxygen atoms in total. The topological polar surface area (TPSA) is 67.6 Å². The molecule has 0 bridgehead atoms. The minimum Gasteiger partial charge on any atom is -0.378 e. The van der Waals surface area contributed by atoms with Crippen LogP contribution < -0.4 is 5.32 Å². The van der Waals surface area contributed by atoms with Crippen molar-refractivity contribution in [1.82, 2.24) is 4.90 Å². The SMILES string of the molecule is C[C@@H]1CN(CCNc2ccc(C(F)(F)F)cc2[N+](=O)[O-])C[C@@H](C)O1. The zero-order valence-corrected chi connectivity index (χ0v) is 13.5. The second-order valence-corrected chi connectivity index (χ2v) is 5.93. The third-order valence-corrected chi connectivity index (χ3v) is 3.76. The number of hydrogen-bond donors (Lipinski definition) is 1. The van der Waals surface area contributed by atoms with Crippen LogP contribution in [0, 0.1) is 10.1 Å². The molecule has 0 saturated carbocycles. The van der Waals surface area contributed by atoms with Crippen LogP contribution in [0.1, 0.15) is 19.4 Å². The number of hydrogen-bond acceptors (Lipinski definition) is 5. The van der Waals surface area contributed by atoms with Crippen molar-refractivity contribution >= 4 is 11.4 Å². The molecule has 0 spiro atoms. The molecule has 1 N–H and O–H groups in total. The molecule has 0 aromatic heterocycles. The lowest BCUT2D eigenvalue weighted by Crippen LogP contribution is -2.46. The Morgan fingerprint density at radius 3 is 2.50 bits per heavy atom. The number of nitrogens with one attached hydrogen (secondary N) is 1. The lowest BCUT2D eigenvalue weighted by molar-refractivity contribution is -0.384. The largest absolute Gasteiger partial charge is 0.416 e. The van der Waals surface area contributed by atoms with Crippen LogP contribution in [0.25, 0.3) is 0 Å². The molecular formula is C15H20F3N3O3. The minimum atomic E-state index is -4.61. The third kappa shape index (κ3) is 4.81. The zero-order chi connectivity index (χ0) is 17.9. The molecule has 0 unspecified atom stereocenters. The quantitative estimate of drug-likeness (QED) is 0.655. The molecule has 9 heteroatoms. The van der Waals surface area contributed by atoms with Crippen molar-refractivity contribution in [3.05, 3.63) is 33.9 Å². The highest BCUT2D eigenvalue weighted by atomic mass is 19.4. The molecule has 24 heavy (non-hydrogen) atoms. The molecule has 134 valence electrons. The first kappa shape index (κ1) is 18.5. The van der Waals surface area contributed by atoms with Crippen molar-refractivity contribution in [1.29, 1.82) is 0 Å². The molecule has 1 aliphatic rings. The second-order valence-electron chi connectivity index (χ2n) is 5.93. The average Bonchev–Trinajstić information content (AvgIpc) is 2.45. The summed E-state index contributed by atoms with van der Waals surface area (Å²) in [5.74, 6) is 0. The Morgan fingerprint density at radius 1 is 1.33 bits per heavy atom. The molecule has 1 aromatic carbocycles. The van der Waals surface area contributed by atoms with Crippen molar-refractivity contribution in [2.75, 3.05) is 31.5 Å². The van der Waals surface area contributed by atoms with Crippen LogP contribution in [0.4, 0.5) is 24.5 Å². The number of rotatable bonds is 5. The van der Waals surface area contributed by atoms with E-state index in [0.29, 0.717) is 19.2 Å². The van der Waals surface area contributed by atoms with Crippen molar-refractivity contribution in [2.45, 2.75) is 32.2 Å². The summed E-state index contributed by atoms with van der Waals surface area (Å²) in [7, 11) is 0. The summed E-state index contributed by atoms with van der Waals surface area (Å²) in [5, 5.41) is 13.9. The number of benzene rings is 1. The Kier molecular flexibility index (Phi) is 5.66. The number of morpholine rings is 1. The first-order chi connectivity index (χ1) is 11.2. The lowest BCUT2D eigenvalue weighted by Gasteiger charge is -2.35. The van der Waals surface area contributed by atoms with Gasteiger partial charge in [-0.25, -0.2) is 0 Å². The number of nitro groups is 1. The minimum absolute atomic E-state index is 0.0855. The van der Waals surface area contributed by atoms with Crippen molar-refractivity contribution in [3.63, 3.8) is 0 Å². The summed E-state index contributed by atoms with van der Waals surface area (Å²) in [6.45, 7) is 6.46. The van der Waals surface area contributed by atoms with E-state index in [9.17, 15) is 23.3 Å². The van der Waals surface area contributed by atoms with Crippen LogP contribution >= 0.6 is 0 Å². The van der Waals surface area contributed by atoms with E-state index in [1.165, 1.54) is 0 Å². The van der Waals surface area contributed by atoms with Gasteiger partial charge in [0.25, 0.3) is 5.69 Å². The summed E-state index contributed by atoms with van der Waals surface area (Å²) in [6, 6.07) is 2.50. The van der Waals surface area contributed by atoms with Crippen LogP contribution in [0.15, 0.2) is 18.2 Å². The van der Waals surface area contributed by atoms with Crippen LogP contribution in [-0.2, 0) is 10.9 Å². The van der Waals surface area contributed by atoms with Gasteiger partial charge in [0.1, 0.15) is 5.69 Å². The summed E-state index contributed by atoms with van der Waals surface area (Å²) < 4.78 is 43.6. The Bertz CT molecular complexity index is 585. The van der Waals surface area contributed by atoms with Crippen LogP contribution in [0.3, 0.4) is 0 Å². The molecule has 0 radical (unpaired) electrons. The molecule has 1 saturated heterocycles. The van der Waals surface area contributed by atoms with Crippen molar-refractivity contribution in [3.8, 4) is 0 Å². The lowest BCUT2D eigenvalue weighted by atomic mass is 10.1. The van der Waals surface area contributed by atoms with E-state index in [2.05, 4.69) is 10.2 Å². The van der Waals surface area contributed by atoms with E-state index in [1.54, 1.807) is 0 Å². The standard InChI is InChI=1S/C15H20F3N3O3/c1-10-8-20(9-11(2)24-10)6-5-19-13-4-3-12(15(16,17)18)7-14(13)21(22)23/h3-4,7,10-11,19H,5-6,8-9H2,1-2H3/t10-,11-/m1/s1. The van der Waals surface area contributed by atoms with Gasteiger partial charge >= 0.3 is 6.18 Å². The smallest absolute Gasteiger partial charge is 0.378 e. The molecule has 0 amide bonds. The molecule has 0 aliphatic carbocycles. The summed E-state index contributed by atoms with van der Waals surface area (Å²) in [5.41, 5.74) is -1.52. The number of ether oxygens (including phenoxy) is 1. The molecule has 1 aliphatic heterocycles. The third-order valence-electron chi connectivity index (χ3n) is 3.76. The van der Waals surface area contributed by atoms with Gasteiger partial charge in [-0.1, -0.05) is 0 Å². The van der Waals surface area contributed by atoms with Gasteiger partial charge in [-0.3, -0.25) is 15.0 Å². The molecule has 1 aromatic rings. The maximum atomic E-state index is 12.7. The normalized spacial score (nSPS) is 22.4. The van der Waals surface area contributed by atoms with E-state index >= 15 is 0 Å². The first-order valence-corrected chi connectivity index (χ1v) is 7.64. The van der Waals surface area contributed by atoms with E-state index in [4.69, 9.17) is 4.74 Å². The van der Waals surface area contributed by atoms with Gasteiger partial charge in [0.15, 0.2) is 0 Å². The van der Waals surface area contributed by atoms with E-state index in [0.717, 1.165) is 25.2 Å². The highest BCUT2D eigenvalue weighted by Crippen LogP contribution is 2.34. The Labute approximate surface area is 137 Å². The number of anilines is 1. The summed E-state index contributed by atoms with van der Waals surface area (Å²) in [4.78, 5) is 12.4. The highest BCUT2D eigenvalue weighted by Gasteiger charge is 2.33. The van der Waals surface area contributed by atoms with Crippen molar-refractivity contribution in [2.24, 2.45) is 0 Å². The summed E-state index contributed by atoms with van der Waals surface area (Å²) in [6.07, 6.45) is -4.40. The predicted octanol–water partition coefficient (Wildman–Crippen LogP) is 3.13. The van der Waals surface area contributed by atoms with E-state index < -0.39 is 22.4 Å². The predicted molar refractivity (Wildman–Crippen MR) is 83.0 cm³/mol. The summed E-state index contributed by atoms with van der Waals surface area (Å²) >= 11 is 0. The zero-order valence-electron chi connectivity index (χ0n) is 13.5. The van der Waals surface area contributed by atoms with Crippen LogP contribution in [0.5, 0.6) is 0 Å². The maximum Gasteiger partial charge on any atom is 0.416 e. The van der Waals surface area contributed by atoms with Crippen molar-refractivity contribution < 1.29 is 22.8 Å². The van der Waals surface area contributed by atoms with Crippen LogP contribution in [0.2, 0.25) is 0 Å². The molecule has 2 atom stereocenters. The van der Waals surface area contributed by atoms with Gasteiger partial charge in [-0.05, 0) is 26.0 Å². The molecule has 2 rings (SSSR count). The molecular weight excluding hydrogens is 327 g/mol. The molecule has 1 heterocycles. The monoisotopic (exact) mass is 347 g/mol. The van der Waals surface area contributed by atoms with Gasteiger partial charge in [-0.15, -0.1) is 0 Å². The van der Waals surface area contributed by atoms with E-state index in [1.807, 2.05) is 13.8 Å². The van der Waals surface area contributed by atoms with Gasteiger partial charge in [-0.2, -0.15) is 13.2 Å². The van der Waals surface area contributed by atoms with Gasteiger partial charge in [0, 0.05) is 32.2 Å². The second kappa shape index (κ2) is 7.35. The van der Waals surface area contributed by atoms with Crippen LogP contribution in [-0.4, -0.2) is 48.2 Å². The number of halogens is 3. The number of nitro benzene ring substituents is 1. The highest BCUT2D eigenvalue weighted by molar-refractivity contribution is 5.62. The van der Waals surface area contributed by atoms with Gasteiger partial charge in [0.05, 0.1) is 22.7 Å². The fraction of sp³-hybridized carbons (Fsp3) is 0.600. The van der Waals surface area contributed by atoms with Gasteiger partial charge < -0.3 is 10.1 Å².